The van der Waals surface area contributed by atoms with E-state index in [-0.39, 0.29) is 36.8 Å². The van der Waals surface area contributed by atoms with Crippen molar-refractivity contribution in [1.29, 1.82) is 0 Å². The second kappa shape index (κ2) is 11.4. The Kier molecular flexibility index (Phi) is 7.90. The first-order chi connectivity index (χ1) is 19.1. The van der Waals surface area contributed by atoms with Crippen molar-refractivity contribution in [2.24, 2.45) is 18.9 Å². The van der Waals surface area contributed by atoms with Crippen molar-refractivity contribution in [1.82, 2.24) is 25.3 Å². The number of benzene rings is 1. The molecule has 5 rings (SSSR count). The quantitative estimate of drug-likeness (QED) is 0.479. The van der Waals surface area contributed by atoms with Crippen molar-refractivity contribution >= 4 is 23.5 Å². The van der Waals surface area contributed by atoms with Crippen LogP contribution in [0.3, 0.4) is 0 Å². The predicted octanol–water partition coefficient (Wildman–Crippen LogP) is 3.24. The largest absolute Gasteiger partial charge is 0.493 e. The fourth-order valence-electron chi connectivity index (χ4n) is 5.77. The molecule has 0 radical (unpaired) electrons. The second-order valence-electron chi connectivity index (χ2n) is 10.8. The third-order valence-electron chi connectivity index (χ3n) is 7.92. The van der Waals surface area contributed by atoms with E-state index in [4.69, 9.17) is 4.74 Å². The van der Waals surface area contributed by atoms with Crippen molar-refractivity contribution in [3.63, 3.8) is 0 Å². The molecule has 1 saturated carbocycles. The van der Waals surface area contributed by atoms with E-state index in [0.717, 1.165) is 37.7 Å². The fourth-order valence-corrected chi connectivity index (χ4v) is 5.77. The van der Waals surface area contributed by atoms with Crippen molar-refractivity contribution in [2.45, 2.75) is 56.8 Å². The Morgan fingerprint density at radius 1 is 1.20 bits per heavy atom. The number of fused-ring (bicyclic) bond motifs is 1. The maximum atomic E-state index is 13.4. The van der Waals surface area contributed by atoms with E-state index in [2.05, 4.69) is 15.7 Å². The fraction of sp³-hybridized carbons (Fsp3) is 0.556. The highest BCUT2D eigenvalue weighted by Crippen LogP contribution is 2.33. The van der Waals surface area contributed by atoms with Crippen molar-refractivity contribution < 1.29 is 32.3 Å². The van der Waals surface area contributed by atoms with Crippen LogP contribution >= 0.6 is 0 Å². The van der Waals surface area contributed by atoms with Gasteiger partial charge in [0.2, 0.25) is 5.91 Å². The van der Waals surface area contributed by atoms with E-state index in [0.29, 0.717) is 23.6 Å². The first-order valence-corrected chi connectivity index (χ1v) is 13.6. The number of ether oxygens (including phenoxy) is 1. The Balaban J connectivity index is 1.22. The van der Waals surface area contributed by atoms with Crippen LogP contribution in [-0.2, 0) is 18.3 Å². The number of aromatic nitrogens is 2. The number of nitrogens with zero attached hydrogens (tertiary/aromatic N) is 3. The molecule has 1 aliphatic carbocycles. The highest BCUT2D eigenvalue weighted by atomic mass is 19.4. The minimum absolute atomic E-state index is 0.0142. The first-order valence-electron chi connectivity index (χ1n) is 13.6. The number of alkyl halides is 3. The number of nitrogens with one attached hydrogen (secondary N) is 3. The van der Waals surface area contributed by atoms with Crippen LogP contribution in [0.1, 0.15) is 48.2 Å². The van der Waals surface area contributed by atoms with Gasteiger partial charge in [0.25, 0.3) is 5.91 Å². The molecular weight excluding hydrogens is 529 g/mol. The molecule has 2 aliphatic heterocycles. The molecule has 13 heteroatoms. The zero-order chi connectivity index (χ0) is 28.4. The average Bonchev–Trinajstić information content (AvgIpc) is 3.52. The summed E-state index contributed by atoms with van der Waals surface area (Å²) in [6, 6.07) is 3.56. The van der Waals surface area contributed by atoms with E-state index < -0.39 is 30.8 Å². The van der Waals surface area contributed by atoms with Gasteiger partial charge >= 0.3 is 12.2 Å². The van der Waals surface area contributed by atoms with E-state index in [1.165, 1.54) is 15.8 Å². The lowest BCUT2D eigenvalue weighted by Crippen LogP contribution is -2.49. The number of hydrogen-bond acceptors (Lipinski definition) is 5. The van der Waals surface area contributed by atoms with Crippen LogP contribution in [0.2, 0.25) is 0 Å². The number of halogens is 3. The Bertz CT molecular complexity index is 1260. The maximum Gasteiger partial charge on any atom is 0.410 e. The van der Waals surface area contributed by atoms with Crippen LogP contribution in [0.5, 0.6) is 5.75 Å². The van der Waals surface area contributed by atoms with Gasteiger partial charge in [0.1, 0.15) is 23.5 Å². The number of amides is 4. The molecule has 40 heavy (non-hydrogen) atoms. The van der Waals surface area contributed by atoms with Crippen molar-refractivity contribution in [3.05, 3.63) is 41.7 Å². The Morgan fingerprint density at radius 3 is 2.65 bits per heavy atom. The zero-order valence-electron chi connectivity index (χ0n) is 22.2. The molecule has 3 aliphatic rings. The number of aryl methyl sites for hydroxylation is 1. The topological polar surface area (TPSA) is 118 Å². The molecule has 4 amide bonds. The van der Waals surface area contributed by atoms with Gasteiger partial charge in [0, 0.05) is 37.5 Å². The molecule has 3 heterocycles. The summed E-state index contributed by atoms with van der Waals surface area (Å²) in [7, 11) is 1.67. The van der Waals surface area contributed by atoms with Gasteiger partial charge in [-0.1, -0.05) is 25.3 Å². The molecule has 3 atom stereocenters. The SMILES string of the molecule is Cn1nccc1C(=O)N[C@H](C(=O)Nc1ccc2c(c1)OCC(CN1CC(C(F)(F)F)NC1=O)C2)C1CCCCC1. The highest BCUT2D eigenvalue weighted by molar-refractivity contribution is 6.00. The Hall–Kier alpha value is -3.77. The molecule has 216 valence electrons. The van der Waals surface area contributed by atoms with E-state index in [1.54, 1.807) is 25.2 Å². The highest BCUT2D eigenvalue weighted by Gasteiger charge is 2.47. The maximum absolute atomic E-state index is 13.4. The molecule has 0 bridgehead atoms. The number of carbonyl (C=O) groups excluding carboxylic acids is 3. The molecule has 2 unspecified atom stereocenters. The average molecular weight is 563 g/mol. The van der Waals surface area contributed by atoms with E-state index >= 15 is 0 Å². The van der Waals surface area contributed by atoms with Crippen molar-refractivity contribution in [2.75, 3.05) is 25.0 Å². The third kappa shape index (κ3) is 6.18. The van der Waals surface area contributed by atoms with Gasteiger partial charge in [-0.25, -0.2) is 4.79 Å². The summed E-state index contributed by atoms with van der Waals surface area (Å²) in [6.45, 7) is -0.0396. The standard InChI is InChI=1S/C27H33F3N6O4/c1-35-20(9-10-31-35)24(37)34-23(17-5-3-2-4-6-17)25(38)32-19-8-7-18-11-16(15-40-21(18)12-19)13-36-14-22(27(28,29)30)33-26(36)39/h7-10,12,16-17,22-23H,2-6,11,13-15H2,1H3,(H,32,38)(H,33,39)(H,34,37)/t16?,22?,23-/m0/s1. The van der Waals surface area contributed by atoms with Gasteiger partial charge in [0.15, 0.2) is 0 Å². The molecule has 1 aromatic heterocycles. The van der Waals surface area contributed by atoms with Gasteiger partial charge in [-0.2, -0.15) is 18.3 Å². The van der Waals surface area contributed by atoms with Gasteiger partial charge in [-0.15, -0.1) is 0 Å². The van der Waals surface area contributed by atoms with Crippen LogP contribution in [0.15, 0.2) is 30.5 Å². The first kappa shape index (κ1) is 27.8. The van der Waals surface area contributed by atoms with Crippen LogP contribution in [-0.4, -0.2) is 70.5 Å². The molecule has 1 saturated heterocycles. The van der Waals surface area contributed by atoms with E-state index in [1.807, 2.05) is 11.4 Å². The lowest BCUT2D eigenvalue weighted by Gasteiger charge is -2.30. The van der Waals surface area contributed by atoms with Crippen LogP contribution < -0.4 is 20.7 Å². The molecule has 3 N–H and O–H groups in total. The van der Waals surface area contributed by atoms with Crippen LogP contribution in [0.25, 0.3) is 0 Å². The lowest BCUT2D eigenvalue weighted by molar-refractivity contribution is -0.149. The van der Waals surface area contributed by atoms with Crippen LogP contribution in [0, 0.1) is 11.8 Å². The van der Waals surface area contributed by atoms with Gasteiger partial charge in [-0.05, 0) is 42.9 Å². The van der Waals surface area contributed by atoms with Gasteiger partial charge in [0.05, 0.1) is 13.2 Å². The third-order valence-corrected chi connectivity index (χ3v) is 7.92. The number of urea groups is 1. The van der Waals surface area contributed by atoms with E-state index in [9.17, 15) is 27.6 Å². The Labute approximate surface area is 229 Å². The number of rotatable bonds is 7. The summed E-state index contributed by atoms with van der Waals surface area (Å²) in [4.78, 5) is 39.5. The molecule has 10 nitrogen and oxygen atoms in total. The molecule has 1 aromatic carbocycles. The molecular formula is C27H33F3N6O4. The van der Waals surface area contributed by atoms with Gasteiger partial charge in [-0.3, -0.25) is 14.3 Å². The smallest absolute Gasteiger partial charge is 0.410 e. The predicted molar refractivity (Wildman–Crippen MR) is 139 cm³/mol. The summed E-state index contributed by atoms with van der Waals surface area (Å²) in [6.07, 6.45) is 2.36. The summed E-state index contributed by atoms with van der Waals surface area (Å²) in [5.74, 6) is -0.251. The molecule has 0 spiro atoms. The normalized spacial score (nSPS) is 22.2. The van der Waals surface area contributed by atoms with Crippen molar-refractivity contribution in [3.8, 4) is 5.75 Å². The summed E-state index contributed by atoms with van der Waals surface area (Å²) in [5.41, 5.74) is 1.73. The lowest BCUT2D eigenvalue weighted by atomic mass is 9.83. The number of hydrogen-bond donors (Lipinski definition) is 3. The second-order valence-corrected chi connectivity index (χ2v) is 10.8. The Morgan fingerprint density at radius 2 is 1.98 bits per heavy atom. The zero-order valence-corrected chi connectivity index (χ0v) is 22.2. The molecule has 2 fully saturated rings. The summed E-state index contributed by atoms with van der Waals surface area (Å²) in [5, 5.41) is 11.9. The minimum Gasteiger partial charge on any atom is -0.493 e. The summed E-state index contributed by atoms with van der Waals surface area (Å²) >= 11 is 0. The van der Waals surface area contributed by atoms with Gasteiger partial charge < -0.3 is 25.6 Å². The number of anilines is 1. The minimum atomic E-state index is -4.49. The monoisotopic (exact) mass is 562 g/mol. The van der Waals surface area contributed by atoms with Crippen LogP contribution in [0.4, 0.5) is 23.7 Å². The number of carbonyl (C=O) groups is 3. The summed E-state index contributed by atoms with van der Waals surface area (Å²) < 4.78 is 46.3. The molecule has 2 aromatic rings.